The Kier molecular flexibility index (Phi) is 3.81. The van der Waals surface area contributed by atoms with E-state index in [9.17, 15) is 0 Å². The molecule has 1 heterocycles. The van der Waals surface area contributed by atoms with Crippen LogP contribution < -0.4 is 5.73 Å². The van der Waals surface area contributed by atoms with Crippen LogP contribution in [-0.2, 0) is 0 Å². The van der Waals surface area contributed by atoms with Gasteiger partial charge in [0.1, 0.15) is 0 Å². The molecule has 0 fully saturated rings. The quantitative estimate of drug-likeness (QED) is 0.843. The van der Waals surface area contributed by atoms with Crippen molar-refractivity contribution in [3.05, 3.63) is 41.3 Å². The van der Waals surface area contributed by atoms with Gasteiger partial charge in [-0.2, -0.15) is 0 Å². The van der Waals surface area contributed by atoms with Gasteiger partial charge in [0.05, 0.1) is 0 Å². The van der Waals surface area contributed by atoms with Gasteiger partial charge in [0.25, 0.3) is 5.22 Å². The van der Waals surface area contributed by atoms with Gasteiger partial charge >= 0.3 is 0 Å². The number of hydrogen-bond acceptors (Lipinski definition) is 5. The lowest BCUT2D eigenvalue weighted by atomic mass is 10.0. The van der Waals surface area contributed by atoms with Crippen molar-refractivity contribution in [3.63, 3.8) is 0 Å². The highest BCUT2D eigenvalue weighted by molar-refractivity contribution is 7.99. The molecule has 17 heavy (non-hydrogen) atoms. The van der Waals surface area contributed by atoms with Crippen LogP contribution in [-0.4, -0.2) is 16.0 Å². The van der Waals surface area contributed by atoms with Crippen molar-refractivity contribution in [1.29, 1.82) is 0 Å². The number of nitrogens with two attached hydrogens (primary N) is 1. The molecule has 90 valence electrons. The van der Waals surface area contributed by atoms with E-state index in [4.69, 9.17) is 10.2 Å². The summed E-state index contributed by atoms with van der Waals surface area (Å²) in [7, 11) is 0. The van der Waals surface area contributed by atoms with Crippen molar-refractivity contribution in [2.24, 2.45) is 5.73 Å². The number of hydrogen-bond donors (Lipinski definition) is 1. The van der Waals surface area contributed by atoms with Gasteiger partial charge in [-0.15, -0.1) is 10.2 Å². The van der Waals surface area contributed by atoms with Gasteiger partial charge in [-0.3, -0.25) is 0 Å². The Morgan fingerprint density at radius 1 is 1.29 bits per heavy atom. The second kappa shape index (κ2) is 5.33. The van der Waals surface area contributed by atoms with Crippen LogP contribution >= 0.6 is 11.8 Å². The second-order valence-corrected chi connectivity index (χ2v) is 4.83. The molecule has 0 bridgehead atoms. The Labute approximate surface area is 105 Å². The summed E-state index contributed by atoms with van der Waals surface area (Å²) in [5.41, 5.74) is 8.51. The third kappa shape index (κ3) is 3.08. The van der Waals surface area contributed by atoms with Gasteiger partial charge in [0.2, 0.25) is 5.89 Å². The Balaban J connectivity index is 1.98. The minimum absolute atomic E-state index is 0.0200. The van der Waals surface area contributed by atoms with Gasteiger partial charge in [-0.05, 0) is 18.1 Å². The maximum Gasteiger partial charge on any atom is 0.276 e. The summed E-state index contributed by atoms with van der Waals surface area (Å²) in [5.74, 6) is 1.31. The van der Waals surface area contributed by atoms with Crippen molar-refractivity contribution in [1.82, 2.24) is 10.2 Å². The minimum Gasteiger partial charge on any atom is -0.416 e. The molecule has 1 aromatic carbocycles. The number of aryl methyl sites for hydroxylation is 2. The van der Waals surface area contributed by atoms with Crippen molar-refractivity contribution in [3.8, 4) is 0 Å². The number of thioether (sulfide) groups is 1. The van der Waals surface area contributed by atoms with Crippen molar-refractivity contribution in [2.75, 3.05) is 5.75 Å². The zero-order valence-electron chi connectivity index (χ0n) is 9.88. The van der Waals surface area contributed by atoms with E-state index in [1.807, 2.05) is 12.1 Å². The number of aromatic nitrogens is 2. The summed E-state index contributed by atoms with van der Waals surface area (Å²) >= 11 is 1.49. The average molecular weight is 249 g/mol. The van der Waals surface area contributed by atoms with E-state index in [-0.39, 0.29) is 6.04 Å². The summed E-state index contributed by atoms with van der Waals surface area (Å²) in [6.07, 6.45) is 0. The molecule has 0 aliphatic carbocycles. The molecular formula is C12H15N3OS. The lowest BCUT2D eigenvalue weighted by Crippen LogP contribution is -2.14. The molecule has 2 rings (SSSR count). The van der Waals surface area contributed by atoms with Crippen LogP contribution in [0.4, 0.5) is 0 Å². The third-order valence-electron chi connectivity index (χ3n) is 2.48. The normalized spacial score (nSPS) is 12.6. The van der Waals surface area contributed by atoms with E-state index >= 15 is 0 Å². The molecule has 0 amide bonds. The summed E-state index contributed by atoms with van der Waals surface area (Å²) in [6, 6.07) is 8.12. The first-order valence-electron chi connectivity index (χ1n) is 5.41. The van der Waals surface area contributed by atoms with Crippen LogP contribution in [0.1, 0.15) is 23.1 Å². The van der Waals surface area contributed by atoms with Gasteiger partial charge in [-0.25, -0.2) is 0 Å². The minimum atomic E-state index is -0.0200. The number of rotatable bonds is 4. The smallest absolute Gasteiger partial charge is 0.276 e. The molecule has 0 saturated carbocycles. The summed E-state index contributed by atoms with van der Waals surface area (Å²) in [5, 5.41) is 8.28. The molecule has 1 unspecified atom stereocenters. The van der Waals surface area contributed by atoms with Crippen LogP contribution in [0.15, 0.2) is 33.9 Å². The van der Waals surface area contributed by atoms with Crippen LogP contribution in [0.3, 0.4) is 0 Å². The van der Waals surface area contributed by atoms with E-state index in [0.29, 0.717) is 11.1 Å². The van der Waals surface area contributed by atoms with Crippen LogP contribution in [0, 0.1) is 13.8 Å². The van der Waals surface area contributed by atoms with E-state index in [0.717, 1.165) is 11.3 Å². The molecule has 1 aromatic heterocycles. The Morgan fingerprint density at radius 2 is 2.06 bits per heavy atom. The first-order valence-corrected chi connectivity index (χ1v) is 6.39. The SMILES string of the molecule is Cc1nnc(SCC(N)c2ccccc2C)o1. The summed E-state index contributed by atoms with van der Waals surface area (Å²) < 4.78 is 5.29. The monoisotopic (exact) mass is 249 g/mol. The van der Waals surface area contributed by atoms with Crippen LogP contribution in [0.2, 0.25) is 0 Å². The Bertz CT molecular complexity index is 498. The molecule has 0 saturated heterocycles. The lowest BCUT2D eigenvalue weighted by Gasteiger charge is -2.12. The Hall–Kier alpha value is -1.33. The van der Waals surface area contributed by atoms with Gasteiger partial charge in [0.15, 0.2) is 0 Å². The topological polar surface area (TPSA) is 64.9 Å². The van der Waals surface area contributed by atoms with E-state index in [1.54, 1.807) is 6.92 Å². The number of benzene rings is 1. The highest BCUT2D eigenvalue weighted by Crippen LogP contribution is 2.23. The van der Waals surface area contributed by atoms with Gasteiger partial charge in [-0.1, -0.05) is 36.0 Å². The largest absolute Gasteiger partial charge is 0.416 e. The van der Waals surface area contributed by atoms with Crippen molar-refractivity contribution in [2.45, 2.75) is 25.1 Å². The van der Waals surface area contributed by atoms with Crippen molar-refractivity contribution >= 4 is 11.8 Å². The maximum absolute atomic E-state index is 6.14. The predicted octanol–water partition coefficient (Wildman–Crippen LogP) is 2.48. The van der Waals surface area contributed by atoms with Crippen LogP contribution in [0.5, 0.6) is 0 Å². The fourth-order valence-electron chi connectivity index (χ4n) is 1.59. The molecule has 4 nitrogen and oxygen atoms in total. The molecule has 0 spiro atoms. The first kappa shape index (κ1) is 12.1. The fraction of sp³-hybridized carbons (Fsp3) is 0.333. The predicted molar refractivity (Wildman–Crippen MR) is 67.9 cm³/mol. The summed E-state index contributed by atoms with van der Waals surface area (Å²) in [4.78, 5) is 0. The number of nitrogens with zero attached hydrogens (tertiary/aromatic N) is 2. The second-order valence-electron chi connectivity index (χ2n) is 3.86. The molecule has 0 radical (unpaired) electrons. The molecule has 2 N–H and O–H groups in total. The molecule has 0 aliphatic heterocycles. The van der Waals surface area contributed by atoms with Gasteiger partial charge < -0.3 is 10.2 Å². The maximum atomic E-state index is 6.14. The zero-order chi connectivity index (χ0) is 12.3. The van der Waals surface area contributed by atoms with E-state index in [1.165, 1.54) is 17.3 Å². The first-order chi connectivity index (χ1) is 8.16. The molecule has 5 heteroatoms. The van der Waals surface area contributed by atoms with Gasteiger partial charge in [0, 0.05) is 18.7 Å². The average Bonchev–Trinajstić information content (AvgIpc) is 2.73. The lowest BCUT2D eigenvalue weighted by molar-refractivity contribution is 0.429. The molecule has 2 aromatic rings. The molecular weight excluding hydrogens is 234 g/mol. The third-order valence-corrected chi connectivity index (χ3v) is 3.42. The van der Waals surface area contributed by atoms with Crippen LogP contribution in [0.25, 0.3) is 0 Å². The fourth-order valence-corrected chi connectivity index (χ4v) is 2.37. The summed E-state index contributed by atoms with van der Waals surface area (Å²) in [6.45, 7) is 3.84. The highest BCUT2D eigenvalue weighted by atomic mass is 32.2. The van der Waals surface area contributed by atoms with Crippen molar-refractivity contribution < 1.29 is 4.42 Å². The van der Waals surface area contributed by atoms with E-state index < -0.39 is 0 Å². The standard InChI is InChI=1S/C12H15N3OS/c1-8-5-3-4-6-10(8)11(13)7-17-12-15-14-9(2)16-12/h3-6,11H,7,13H2,1-2H3. The Morgan fingerprint density at radius 3 is 2.71 bits per heavy atom. The molecule has 0 aliphatic rings. The van der Waals surface area contributed by atoms with E-state index in [2.05, 4.69) is 29.3 Å². The zero-order valence-corrected chi connectivity index (χ0v) is 10.7. The highest BCUT2D eigenvalue weighted by Gasteiger charge is 2.11. The molecule has 1 atom stereocenters.